The molecule has 2 aromatic rings. The molecule has 0 bridgehead atoms. The maximum Gasteiger partial charge on any atom is 0.0674 e. The normalized spacial score (nSPS) is 12.4. The standard InChI is InChI=1S/C15H21BrN4/c1-4-13-11(9-20(3)19-13)15(8-17)18-14-7-10(2)5-6-12(14)16/h5-7,9,15,18H,4,8,17H2,1-3H3. The summed E-state index contributed by atoms with van der Waals surface area (Å²) in [7, 11) is 1.94. The molecule has 0 saturated heterocycles. The Morgan fingerprint density at radius 1 is 1.45 bits per heavy atom. The molecule has 0 radical (unpaired) electrons. The van der Waals surface area contributed by atoms with Crippen molar-refractivity contribution in [3.63, 3.8) is 0 Å². The van der Waals surface area contributed by atoms with E-state index in [0.29, 0.717) is 6.54 Å². The Kier molecular flexibility index (Phi) is 4.83. The molecule has 20 heavy (non-hydrogen) atoms. The first kappa shape index (κ1) is 15.1. The van der Waals surface area contributed by atoms with Gasteiger partial charge in [0, 0.05) is 35.5 Å². The molecular weight excluding hydrogens is 316 g/mol. The van der Waals surface area contributed by atoms with Crippen molar-refractivity contribution in [3.05, 3.63) is 45.7 Å². The van der Waals surface area contributed by atoms with E-state index in [4.69, 9.17) is 5.73 Å². The predicted octanol–water partition coefficient (Wildman–Crippen LogP) is 3.17. The minimum absolute atomic E-state index is 0.0664. The van der Waals surface area contributed by atoms with E-state index < -0.39 is 0 Å². The highest BCUT2D eigenvalue weighted by atomic mass is 79.9. The average molecular weight is 337 g/mol. The number of halogens is 1. The van der Waals surface area contributed by atoms with Gasteiger partial charge in [-0.2, -0.15) is 5.10 Å². The van der Waals surface area contributed by atoms with Crippen LogP contribution in [0.25, 0.3) is 0 Å². The van der Waals surface area contributed by atoms with Crippen LogP contribution in [0.3, 0.4) is 0 Å². The summed E-state index contributed by atoms with van der Waals surface area (Å²) >= 11 is 3.58. The van der Waals surface area contributed by atoms with Gasteiger partial charge in [0.2, 0.25) is 0 Å². The van der Waals surface area contributed by atoms with Crippen LogP contribution in [0.1, 0.15) is 29.8 Å². The summed E-state index contributed by atoms with van der Waals surface area (Å²) in [4.78, 5) is 0. The fraction of sp³-hybridized carbons (Fsp3) is 0.400. The molecule has 4 nitrogen and oxygen atoms in total. The molecule has 1 atom stereocenters. The second kappa shape index (κ2) is 6.41. The van der Waals surface area contributed by atoms with Crippen molar-refractivity contribution in [2.75, 3.05) is 11.9 Å². The molecule has 3 N–H and O–H groups in total. The van der Waals surface area contributed by atoms with Crippen molar-refractivity contribution in [2.24, 2.45) is 12.8 Å². The van der Waals surface area contributed by atoms with Gasteiger partial charge in [-0.15, -0.1) is 0 Å². The molecule has 0 aliphatic carbocycles. The monoisotopic (exact) mass is 336 g/mol. The number of nitrogens with two attached hydrogens (primary N) is 1. The summed E-state index contributed by atoms with van der Waals surface area (Å²) in [6.45, 7) is 4.72. The van der Waals surface area contributed by atoms with Gasteiger partial charge in [-0.1, -0.05) is 13.0 Å². The van der Waals surface area contributed by atoms with Gasteiger partial charge in [0.25, 0.3) is 0 Å². The Balaban J connectivity index is 2.30. The molecule has 1 unspecified atom stereocenters. The molecule has 1 aromatic carbocycles. The Bertz CT molecular complexity index is 592. The quantitative estimate of drug-likeness (QED) is 0.881. The van der Waals surface area contributed by atoms with Crippen molar-refractivity contribution in [1.29, 1.82) is 0 Å². The third kappa shape index (κ3) is 3.22. The van der Waals surface area contributed by atoms with Gasteiger partial charge in [-0.25, -0.2) is 0 Å². The first-order valence-corrected chi connectivity index (χ1v) is 7.59. The van der Waals surface area contributed by atoms with Crippen LogP contribution in [0.15, 0.2) is 28.9 Å². The smallest absolute Gasteiger partial charge is 0.0674 e. The second-order valence-electron chi connectivity index (χ2n) is 4.97. The molecule has 0 saturated carbocycles. The molecule has 108 valence electrons. The zero-order chi connectivity index (χ0) is 14.7. The second-order valence-corrected chi connectivity index (χ2v) is 5.83. The fourth-order valence-electron chi connectivity index (χ4n) is 2.32. The minimum atomic E-state index is 0.0664. The lowest BCUT2D eigenvalue weighted by molar-refractivity contribution is 0.746. The topological polar surface area (TPSA) is 55.9 Å². The van der Waals surface area contributed by atoms with Crippen LogP contribution in [-0.4, -0.2) is 16.3 Å². The molecule has 0 aliphatic heterocycles. The number of hydrogen-bond acceptors (Lipinski definition) is 3. The first-order chi connectivity index (χ1) is 9.55. The molecule has 0 aliphatic rings. The fourth-order valence-corrected chi connectivity index (χ4v) is 2.68. The summed E-state index contributed by atoms with van der Waals surface area (Å²) in [6, 6.07) is 6.31. The summed E-state index contributed by atoms with van der Waals surface area (Å²) in [5, 5.41) is 8.01. The number of hydrogen-bond donors (Lipinski definition) is 2. The number of benzene rings is 1. The van der Waals surface area contributed by atoms with Crippen LogP contribution in [0.4, 0.5) is 5.69 Å². The van der Waals surface area contributed by atoms with Crippen molar-refractivity contribution in [1.82, 2.24) is 9.78 Å². The maximum atomic E-state index is 5.96. The molecule has 0 fully saturated rings. The lowest BCUT2D eigenvalue weighted by Crippen LogP contribution is -2.21. The zero-order valence-electron chi connectivity index (χ0n) is 12.2. The largest absolute Gasteiger partial charge is 0.376 e. The highest BCUT2D eigenvalue weighted by Gasteiger charge is 2.17. The molecule has 0 amide bonds. The van der Waals surface area contributed by atoms with E-state index in [1.807, 2.05) is 17.9 Å². The van der Waals surface area contributed by atoms with E-state index >= 15 is 0 Å². The van der Waals surface area contributed by atoms with Gasteiger partial charge in [-0.05, 0) is 47.0 Å². The predicted molar refractivity (Wildman–Crippen MR) is 86.9 cm³/mol. The van der Waals surface area contributed by atoms with Crippen LogP contribution >= 0.6 is 15.9 Å². The lowest BCUT2D eigenvalue weighted by Gasteiger charge is -2.19. The number of nitrogens with zero attached hydrogens (tertiary/aromatic N) is 2. The molecular formula is C15H21BrN4. The first-order valence-electron chi connectivity index (χ1n) is 6.80. The van der Waals surface area contributed by atoms with E-state index in [2.05, 4.69) is 58.4 Å². The van der Waals surface area contributed by atoms with Gasteiger partial charge >= 0.3 is 0 Å². The van der Waals surface area contributed by atoms with E-state index in [0.717, 1.165) is 22.3 Å². The van der Waals surface area contributed by atoms with Crippen LogP contribution in [0, 0.1) is 6.92 Å². The van der Waals surface area contributed by atoms with E-state index in [1.165, 1.54) is 11.1 Å². The minimum Gasteiger partial charge on any atom is -0.376 e. The average Bonchev–Trinajstić information content (AvgIpc) is 2.80. The number of aryl methyl sites for hydroxylation is 3. The SMILES string of the molecule is CCc1nn(C)cc1C(CN)Nc1cc(C)ccc1Br. The number of anilines is 1. The van der Waals surface area contributed by atoms with Crippen LogP contribution in [0.5, 0.6) is 0 Å². The van der Waals surface area contributed by atoms with Crippen LogP contribution < -0.4 is 11.1 Å². The number of nitrogens with one attached hydrogen (secondary N) is 1. The van der Waals surface area contributed by atoms with E-state index in [1.54, 1.807) is 0 Å². The Morgan fingerprint density at radius 3 is 2.85 bits per heavy atom. The number of rotatable bonds is 5. The third-order valence-electron chi connectivity index (χ3n) is 3.34. The van der Waals surface area contributed by atoms with Gasteiger partial charge in [-0.3, -0.25) is 4.68 Å². The van der Waals surface area contributed by atoms with Crippen LogP contribution in [0.2, 0.25) is 0 Å². The Labute approximate surface area is 128 Å². The van der Waals surface area contributed by atoms with Crippen molar-refractivity contribution in [3.8, 4) is 0 Å². The zero-order valence-corrected chi connectivity index (χ0v) is 13.7. The molecule has 1 aromatic heterocycles. The third-order valence-corrected chi connectivity index (χ3v) is 4.03. The van der Waals surface area contributed by atoms with Gasteiger partial charge in [0.1, 0.15) is 0 Å². The van der Waals surface area contributed by atoms with Crippen molar-refractivity contribution < 1.29 is 0 Å². The highest BCUT2D eigenvalue weighted by Crippen LogP contribution is 2.28. The Morgan fingerprint density at radius 2 is 2.20 bits per heavy atom. The van der Waals surface area contributed by atoms with E-state index in [-0.39, 0.29) is 6.04 Å². The maximum absolute atomic E-state index is 5.96. The van der Waals surface area contributed by atoms with Crippen molar-refractivity contribution >= 4 is 21.6 Å². The summed E-state index contributed by atoms with van der Waals surface area (Å²) in [5.41, 5.74) is 10.5. The summed E-state index contributed by atoms with van der Waals surface area (Å²) < 4.78 is 2.90. The van der Waals surface area contributed by atoms with Crippen LogP contribution in [-0.2, 0) is 13.5 Å². The lowest BCUT2D eigenvalue weighted by atomic mass is 10.1. The Hall–Kier alpha value is -1.33. The van der Waals surface area contributed by atoms with Crippen molar-refractivity contribution in [2.45, 2.75) is 26.3 Å². The van der Waals surface area contributed by atoms with Gasteiger partial charge in [0.15, 0.2) is 0 Å². The van der Waals surface area contributed by atoms with E-state index in [9.17, 15) is 0 Å². The summed E-state index contributed by atoms with van der Waals surface area (Å²) in [5.74, 6) is 0. The summed E-state index contributed by atoms with van der Waals surface area (Å²) in [6.07, 6.45) is 2.95. The highest BCUT2D eigenvalue weighted by molar-refractivity contribution is 9.10. The molecule has 0 spiro atoms. The van der Waals surface area contributed by atoms with Gasteiger partial charge in [0.05, 0.1) is 11.7 Å². The molecule has 2 rings (SSSR count). The number of aromatic nitrogens is 2. The molecule has 5 heteroatoms. The molecule has 1 heterocycles. The van der Waals surface area contributed by atoms with Gasteiger partial charge < -0.3 is 11.1 Å².